The normalized spacial score (nSPS) is 11.6. The Kier molecular flexibility index (Phi) is 12.2. The maximum Gasteiger partial charge on any atom is 0.305 e. The van der Waals surface area contributed by atoms with E-state index in [1.54, 1.807) is 6.92 Å². The second-order valence-corrected chi connectivity index (χ2v) is 5.06. The first kappa shape index (κ1) is 20.4. The van der Waals surface area contributed by atoms with Gasteiger partial charge in [-0.2, -0.15) is 0 Å². The lowest BCUT2D eigenvalue weighted by atomic mass is 10.1. The summed E-state index contributed by atoms with van der Waals surface area (Å²) in [6, 6.07) is 0. The van der Waals surface area contributed by atoms with Gasteiger partial charge in [0.25, 0.3) is 0 Å². The lowest BCUT2D eigenvalue weighted by Gasteiger charge is -2.16. The van der Waals surface area contributed by atoms with Gasteiger partial charge in [-0.15, -0.1) is 0 Å². The Morgan fingerprint density at radius 1 is 0.909 bits per heavy atom. The fraction of sp³-hybridized carbons (Fsp3) is 0.812. The third kappa shape index (κ3) is 12.2. The average molecular weight is 316 g/mol. The van der Waals surface area contributed by atoms with Crippen LogP contribution < -0.4 is 0 Å². The first-order valence-corrected chi connectivity index (χ1v) is 7.98. The molecule has 0 rings (SSSR count). The summed E-state index contributed by atoms with van der Waals surface area (Å²) in [6.45, 7) is 5.72. The number of rotatable bonds is 12. The molecule has 128 valence electrons. The van der Waals surface area contributed by atoms with Crippen molar-refractivity contribution in [1.29, 1.82) is 0 Å². The van der Waals surface area contributed by atoms with E-state index in [4.69, 9.17) is 14.2 Å². The van der Waals surface area contributed by atoms with Crippen LogP contribution in [0.4, 0.5) is 0 Å². The van der Waals surface area contributed by atoms with Crippen molar-refractivity contribution in [1.82, 2.24) is 0 Å². The summed E-state index contributed by atoms with van der Waals surface area (Å²) in [4.78, 5) is 33.5. The molecule has 0 amide bonds. The van der Waals surface area contributed by atoms with Crippen LogP contribution in [0.15, 0.2) is 0 Å². The zero-order chi connectivity index (χ0) is 16.8. The third-order valence-electron chi connectivity index (χ3n) is 2.95. The monoisotopic (exact) mass is 316 g/mol. The quantitative estimate of drug-likeness (QED) is 0.313. The van der Waals surface area contributed by atoms with Crippen LogP contribution in [-0.4, -0.2) is 37.2 Å². The van der Waals surface area contributed by atoms with Crippen molar-refractivity contribution in [3.8, 4) is 0 Å². The zero-order valence-electron chi connectivity index (χ0n) is 13.9. The fourth-order valence-corrected chi connectivity index (χ4v) is 1.83. The minimum absolute atomic E-state index is 0.192. The molecule has 6 nitrogen and oxygen atoms in total. The van der Waals surface area contributed by atoms with Gasteiger partial charge >= 0.3 is 17.9 Å². The minimum atomic E-state index is -0.353. The van der Waals surface area contributed by atoms with Crippen molar-refractivity contribution in [2.24, 2.45) is 0 Å². The summed E-state index contributed by atoms with van der Waals surface area (Å²) in [5.74, 6) is -0.808. The molecule has 0 saturated carbocycles. The van der Waals surface area contributed by atoms with Crippen LogP contribution in [-0.2, 0) is 28.6 Å². The summed E-state index contributed by atoms with van der Waals surface area (Å²) in [5, 5.41) is 0. The Labute approximate surface area is 132 Å². The predicted molar refractivity (Wildman–Crippen MR) is 81.1 cm³/mol. The number of carbonyl (C=O) groups is 3. The molecule has 0 aromatic carbocycles. The summed E-state index contributed by atoms with van der Waals surface area (Å²) >= 11 is 0. The molecule has 6 heteroatoms. The highest BCUT2D eigenvalue weighted by atomic mass is 16.6. The summed E-state index contributed by atoms with van der Waals surface area (Å²) in [6.07, 6.45) is 3.80. The lowest BCUT2D eigenvalue weighted by molar-refractivity contribution is -0.150. The molecule has 0 radical (unpaired) electrons. The molecule has 0 saturated heterocycles. The van der Waals surface area contributed by atoms with Gasteiger partial charge in [0.15, 0.2) is 0 Å². The van der Waals surface area contributed by atoms with Crippen LogP contribution in [0, 0.1) is 0 Å². The van der Waals surface area contributed by atoms with Gasteiger partial charge in [-0.1, -0.05) is 13.8 Å². The van der Waals surface area contributed by atoms with Crippen LogP contribution in [0.3, 0.4) is 0 Å². The number of hydrogen-bond donors (Lipinski definition) is 0. The van der Waals surface area contributed by atoms with Crippen LogP contribution in [0.5, 0.6) is 0 Å². The molecule has 0 aromatic rings. The van der Waals surface area contributed by atoms with E-state index in [1.807, 2.05) is 6.92 Å². The maximum absolute atomic E-state index is 11.3. The lowest BCUT2D eigenvalue weighted by Crippen LogP contribution is -2.19. The second kappa shape index (κ2) is 13.1. The molecule has 1 atom stereocenters. The van der Waals surface area contributed by atoms with Gasteiger partial charge in [0.2, 0.25) is 0 Å². The van der Waals surface area contributed by atoms with Gasteiger partial charge in [-0.05, 0) is 25.7 Å². The highest BCUT2D eigenvalue weighted by Gasteiger charge is 2.13. The van der Waals surface area contributed by atoms with E-state index in [0.29, 0.717) is 38.7 Å². The summed E-state index contributed by atoms with van der Waals surface area (Å²) < 4.78 is 15.2. The maximum atomic E-state index is 11.3. The van der Waals surface area contributed by atoms with E-state index >= 15 is 0 Å². The molecular formula is C16H28O6. The predicted octanol–water partition coefficient (Wildman–Crippen LogP) is 2.78. The number of hydrogen-bond acceptors (Lipinski definition) is 6. The van der Waals surface area contributed by atoms with E-state index in [-0.39, 0.29) is 30.6 Å². The van der Waals surface area contributed by atoms with E-state index in [1.165, 1.54) is 6.92 Å². The Balaban J connectivity index is 3.91. The van der Waals surface area contributed by atoms with E-state index in [2.05, 4.69) is 0 Å². The Morgan fingerprint density at radius 2 is 1.59 bits per heavy atom. The van der Waals surface area contributed by atoms with Crippen LogP contribution in [0.25, 0.3) is 0 Å². The second-order valence-electron chi connectivity index (χ2n) is 5.06. The molecule has 0 aliphatic rings. The molecule has 0 unspecified atom stereocenters. The topological polar surface area (TPSA) is 78.9 Å². The molecular weight excluding hydrogens is 288 g/mol. The summed E-state index contributed by atoms with van der Waals surface area (Å²) in [5.41, 5.74) is 0. The molecule has 0 fully saturated rings. The number of esters is 3. The number of unbranched alkanes of at least 4 members (excludes halogenated alkanes) is 1. The van der Waals surface area contributed by atoms with Gasteiger partial charge in [0.1, 0.15) is 6.10 Å². The Hall–Kier alpha value is -1.59. The molecule has 0 N–H and O–H groups in total. The van der Waals surface area contributed by atoms with Crippen LogP contribution >= 0.6 is 0 Å². The smallest absolute Gasteiger partial charge is 0.305 e. The largest absolute Gasteiger partial charge is 0.466 e. The first-order chi connectivity index (χ1) is 10.5. The van der Waals surface area contributed by atoms with E-state index in [0.717, 1.165) is 12.8 Å². The highest BCUT2D eigenvalue weighted by Crippen LogP contribution is 2.12. The van der Waals surface area contributed by atoms with Gasteiger partial charge in [-0.3, -0.25) is 14.4 Å². The van der Waals surface area contributed by atoms with Crippen molar-refractivity contribution < 1.29 is 28.6 Å². The fourth-order valence-electron chi connectivity index (χ4n) is 1.83. The molecule has 0 aromatic heterocycles. The van der Waals surface area contributed by atoms with Gasteiger partial charge in [-0.25, -0.2) is 0 Å². The molecule has 0 heterocycles. The number of ether oxygens (including phenoxy) is 3. The van der Waals surface area contributed by atoms with E-state index < -0.39 is 0 Å². The minimum Gasteiger partial charge on any atom is -0.466 e. The van der Waals surface area contributed by atoms with Crippen molar-refractivity contribution in [3.63, 3.8) is 0 Å². The highest BCUT2D eigenvalue weighted by molar-refractivity contribution is 5.69. The first-order valence-electron chi connectivity index (χ1n) is 7.98. The van der Waals surface area contributed by atoms with Gasteiger partial charge < -0.3 is 14.2 Å². The SMILES string of the molecule is CCCOC(=O)CCCC[C@H](CCOC(=O)CC)OC(C)=O. The third-order valence-corrected chi connectivity index (χ3v) is 2.95. The number of carbonyl (C=O) groups excluding carboxylic acids is 3. The van der Waals surface area contributed by atoms with Crippen molar-refractivity contribution >= 4 is 17.9 Å². The van der Waals surface area contributed by atoms with Crippen molar-refractivity contribution in [2.45, 2.75) is 71.8 Å². The standard InChI is InChI=1S/C16H28O6/c1-4-11-20-16(19)9-7-6-8-14(22-13(3)17)10-12-21-15(18)5-2/h14H,4-12H2,1-3H3/t14-/m1/s1. The molecule has 22 heavy (non-hydrogen) atoms. The Morgan fingerprint density at radius 3 is 2.18 bits per heavy atom. The van der Waals surface area contributed by atoms with Gasteiger partial charge in [0, 0.05) is 26.2 Å². The van der Waals surface area contributed by atoms with Crippen LogP contribution in [0.2, 0.25) is 0 Å². The Bertz CT molecular complexity index is 340. The molecule has 0 bridgehead atoms. The van der Waals surface area contributed by atoms with Crippen molar-refractivity contribution in [3.05, 3.63) is 0 Å². The molecule has 0 aliphatic carbocycles. The molecule has 0 aliphatic heterocycles. The van der Waals surface area contributed by atoms with Crippen LogP contribution in [0.1, 0.15) is 65.7 Å². The van der Waals surface area contributed by atoms with Gasteiger partial charge in [0.05, 0.1) is 13.2 Å². The van der Waals surface area contributed by atoms with Crippen molar-refractivity contribution in [2.75, 3.05) is 13.2 Å². The summed E-state index contributed by atoms with van der Waals surface area (Å²) in [7, 11) is 0. The zero-order valence-corrected chi connectivity index (χ0v) is 13.9. The van der Waals surface area contributed by atoms with E-state index in [9.17, 15) is 14.4 Å². The average Bonchev–Trinajstić information content (AvgIpc) is 2.48. The molecule has 0 spiro atoms.